The molecule has 128 valence electrons. The predicted octanol–water partition coefficient (Wildman–Crippen LogP) is 3.06. The van der Waals surface area contributed by atoms with Crippen molar-refractivity contribution in [1.82, 2.24) is 14.7 Å². The maximum atomic E-state index is 2.47. The zero-order chi connectivity index (χ0) is 15.5. The fraction of sp³-hybridized carbons (Fsp3) is 1.00. The van der Waals surface area contributed by atoms with Crippen LogP contribution in [0.15, 0.2) is 0 Å². The zero-order valence-electron chi connectivity index (χ0n) is 13.2. The van der Waals surface area contributed by atoms with Crippen molar-refractivity contribution < 1.29 is 0 Å². The van der Waals surface area contributed by atoms with Crippen LogP contribution in [-0.4, -0.2) is 98.9 Å². The van der Waals surface area contributed by atoms with E-state index in [4.69, 9.17) is 0 Å². The van der Waals surface area contributed by atoms with Crippen LogP contribution < -0.4 is 0 Å². The molecule has 3 nitrogen and oxygen atoms in total. The Labute approximate surface area is 167 Å². The Morgan fingerprint density at radius 3 is 1.00 bits per heavy atom. The zero-order valence-corrected chi connectivity index (χ0v) is 20.7. The van der Waals surface area contributed by atoms with Crippen LogP contribution in [0.25, 0.3) is 0 Å². The Kier molecular flexibility index (Phi) is 8.58. The Balaban J connectivity index is 1.67. The summed E-state index contributed by atoms with van der Waals surface area (Å²) in [4.78, 5) is 7.40. The Morgan fingerprint density at radius 2 is 0.773 bits per heavy atom. The first kappa shape index (κ1) is 19.6. The van der Waals surface area contributed by atoms with Crippen LogP contribution in [0.2, 0.25) is 0 Å². The van der Waals surface area contributed by atoms with Gasteiger partial charge in [-0.3, -0.25) is 0 Å². The van der Waals surface area contributed by atoms with E-state index in [-0.39, 0.29) is 0 Å². The average Bonchev–Trinajstić information content (AvgIpc) is 2.53. The molecule has 0 atom stereocenters. The van der Waals surface area contributed by atoms with Gasteiger partial charge < -0.3 is 0 Å². The van der Waals surface area contributed by atoms with Crippen molar-refractivity contribution in [1.29, 1.82) is 0 Å². The molecule has 0 unspecified atom stereocenters. The molecule has 0 aliphatic carbocycles. The van der Waals surface area contributed by atoms with Gasteiger partial charge in [0.1, 0.15) is 0 Å². The van der Waals surface area contributed by atoms with E-state index >= 15 is 0 Å². The van der Waals surface area contributed by atoms with E-state index in [1.807, 2.05) is 0 Å². The summed E-state index contributed by atoms with van der Waals surface area (Å²) in [5, 5.41) is 0. The summed E-state index contributed by atoms with van der Waals surface area (Å²) < 4.78 is 2.84. The SMILES string of the molecule is CN1CS[CH]([Sb]([CH]2SCN(C)CS2)[CH]2SCN(C)CS2)SC1. The molecule has 0 aromatic carbocycles. The van der Waals surface area contributed by atoms with Crippen LogP contribution in [0.4, 0.5) is 0 Å². The van der Waals surface area contributed by atoms with Gasteiger partial charge in [-0.15, -0.1) is 0 Å². The first-order chi connectivity index (χ1) is 10.6. The number of hydrogen-bond acceptors (Lipinski definition) is 9. The van der Waals surface area contributed by atoms with Gasteiger partial charge in [0.15, 0.2) is 0 Å². The van der Waals surface area contributed by atoms with E-state index in [2.05, 4.69) is 106 Å². The molecule has 0 spiro atoms. The molecule has 3 heterocycles. The minimum atomic E-state index is -1.39. The van der Waals surface area contributed by atoms with Crippen LogP contribution in [0.3, 0.4) is 0 Å². The third kappa shape index (κ3) is 5.40. The summed E-state index contributed by atoms with van der Waals surface area (Å²) in [6.07, 6.45) is 0. The van der Waals surface area contributed by atoms with Crippen molar-refractivity contribution in [3.63, 3.8) is 0 Å². The molecular weight excluding hydrogens is 500 g/mol. The molecule has 0 aromatic rings. The molecule has 3 aliphatic heterocycles. The van der Waals surface area contributed by atoms with E-state index in [1.165, 1.54) is 35.3 Å². The van der Waals surface area contributed by atoms with Crippen LogP contribution in [0.1, 0.15) is 0 Å². The normalized spacial score (nSPS) is 29.5. The average molecular weight is 525 g/mol. The molecule has 0 N–H and O–H groups in total. The van der Waals surface area contributed by atoms with E-state index < -0.39 is 20.2 Å². The van der Waals surface area contributed by atoms with Gasteiger partial charge >= 0.3 is 169 Å². The second kappa shape index (κ2) is 9.65. The van der Waals surface area contributed by atoms with Gasteiger partial charge in [0, 0.05) is 0 Å². The third-order valence-electron chi connectivity index (χ3n) is 3.36. The monoisotopic (exact) mass is 523 g/mol. The maximum absolute atomic E-state index is 2.47. The van der Waals surface area contributed by atoms with Gasteiger partial charge in [-0.25, -0.2) is 0 Å². The summed E-state index contributed by atoms with van der Waals surface area (Å²) >= 11 is 12.2. The number of rotatable bonds is 3. The Morgan fingerprint density at radius 1 is 0.545 bits per heavy atom. The van der Waals surface area contributed by atoms with E-state index in [1.54, 1.807) is 0 Å². The Bertz CT molecular complexity index is 291. The third-order valence-corrected chi connectivity index (χ3v) is 32.7. The molecule has 0 amide bonds. The van der Waals surface area contributed by atoms with Gasteiger partial charge in [-0.2, -0.15) is 0 Å². The molecular formula is C12H24N3S6Sb. The number of thioether (sulfide) groups is 6. The summed E-state index contributed by atoms with van der Waals surface area (Å²) in [6, 6.07) is 0. The topological polar surface area (TPSA) is 9.72 Å². The van der Waals surface area contributed by atoms with Gasteiger partial charge in [-0.05, 0) is 0 Å². The molecule has 10 heteroatoms. The summed E-state index contributed by atoms with van der Waals surface area (Å²) in [5.74, 6) is 7.43. The number of hydrogen-bond donors (Lipinski definition) is 0. The Hall–Kier alpha value is 2.80. The second-order valence-electron chi connectivity index (χ2n) is 5.71. The van der Waals surface area contributed by atoms with Crippen molar-refractivity contribution in [3.05, 3.63) is 0 Å². The van der Waals surface area contributed by atoms with Crippen molar-refractivity contribution >= 4 is 90.8 Å². The number of nitrogens with zero attached hydrogens (tertiary/aromatic N) is 3. The van der Waals surface area contributed by atoms with Crippen LogP contribution >= 0.6 is 70.6 Å². The van der Waals surface area contributed by atoms with E-state index in [0.717, 1.165) is 7.59 Å². The standard InChI is InChI=1S/3C4H8NS2.Sb/c3*1-5-2-6-4-7-3-5;/h3*4H,2-3H2,1H3;. The van der Waals surface area contributed by atoms with Crippen LogP contribution in [0.5, 0.6) is 0 Å². The molecule has 3 fully saturated rings. The van der Waals surface area contributed by atoms with E-state index in [9.17, 15) is 0 Å². The molecule has 0 aromatic heterocycles. The van der Waals surface area contributed by atoms with Crippen molar-refractivity contribution in [2.75, 3.05) is 56.4 Å². The molecule has 0 bridgehead atoms. The quantitative estimate of drug-likeness (QED) is 0.511. The predicted molar refractivity (Wildman–Crippen MR) is 115 cm³/mol. The fourth-order valence-corrected chi connectivity index (χ4v) is 38.7. The second-order valence-corrected chi connectivity index (χ2v) is 26.2. The summed E-state index contributed by atoms with van der Waals surface area (Å²) in [6.45, 7) is 0. The molecule has 3 rings (SSSR count). The first-order valence-electron chi connectivity index (χ1n) is 7.16. The summed E-state index contributed by atoms with van der Waals surface area (Å²) in [5.41, 5.74) is 0. The molecule has 3 aliphatic rings. The fourth-order valence-electron chi connectivity index (χ4n) is 2.22. The van der Waals surface area contributed by atoms with Crippen molar-refractivity contribution in [2.45, 2.75) is 7.59 Å². The van der Waals surface area contributed by atoms with Gasteiger partial charge in [-0.1, -0.05) is 0 Å². The molecule has 0 radical (unpaired) electrons. The molecule has 22 heavy (non-hydrogen) atoms. The van der Waals surface area contributed by atoms with Gasteiger partial charge in [0.25, 0.3) is 0 Å². The summed E-state index contributed by atoms with van der Waals surface area (Å²) in [7, 11) is 6.78. The molecule has 0 saturated carbocycles. The molecule has 3 saturated heterocycles. The first-order valence-corrected chi connectivity index (χ1v) is 17.9. The van der Waals surface area contributed by atoms with Crippen molar-refractivity contribution in [2.24, 2.45) is 0 Å². The van der Waals surface area contributed by atoms with Crippen molar-refractivity contribution in [3.8, 4) is 0 Å². The van der Waals surface area contributed by atoms with Crippen LogP contribution in [0, 0.1) is 0 Å². The minimum absolute atomic E-state index is 0.945. The van der Waals surface area contributed by atoms with E-state index in [0.29, 0.717) is 0 Å². The van der Waals surface area contributed by atoms with Crippen LogP contribution in [-0.2, 0) is 0 Å². The van der Waals surface area contributed by atoms with Gasteiger partial charge in [0.05, 0.1) is 0 Å². The van der Waals surface area contributed by atoms with Gasteiger partial charge in [0.2, 0.25) is 0 Å².